The van der Waals surface area contributed by atoms with Gasteiger partial charge in [0, 0.05) is 0 Å². The molecule has 0 radical (unpaired) electrons. The highest BCUT2D eigenvalue weighted by molar-refractivity contribution is 5.83. The van der Waals surface area contributed by atoms with Crippen LogP contribution in [0.4, 0.5) is 0 Å². The summed E-state index contributed by atoms with van der Waals surface area (Å²) in [5.41, 5.74) is 1.18. The monoisotopic (exact) mass is 246 g/mol. The summed E-state index contributed by atoms with van der Waals surface area (Å²) in [5, 5.41) is 17.3. The van der Waals surface area contributed by atoms with Crippen molar-refractivity contribution in [2.75, 3.05) is 0 Å². The average molecular weight is 246 g/mol. The van der Waals surface area contributed by atoms with Crippen LogP contribution < -0.4 is 0 Å². The zero-order chi connectivity index (χ0) is 13.2. The SMILES string of the molecule is O=C(O)C(O)=CCCCCC=Cc1ccccc1. The molecule has 3 heteroatoms. The van der Waals surface area contributed by atoms with Crippen molar-refractivity contribution in [3.63, 3.8) is 0 Å². The van der Waals surface area contributed by atoms with Gasteiger partial charge in [-0.3, -0.25) is 0 Å². The third-order valence-electron chi connectivity index (χ3n) is 2.49. The van der Waals surface area contributed by atoms with E-state index in [1.54, 1.807) is 0 Å². The fourth-order valence-electron chi connectivity index (χ4n) is 1.52. The van der Waals surface area contributed by atoms with Gasteiger partial charge in [0.15, 0.2) is 5.76 Å². The summed E-state index contributed by atoms with van der Waals surface area (Å²) >= 11 is 0. The molecule has 1 aromatic carbocycles. The number of hydrogen-bond acceptors (Lipinski definition) is 2. The summed E-state index contributed by atoms with van der Waals surface area (Å²) in [6.07, 6.45) is 8.93. The third kappa shape index (κ3) is 5.89. The van der Waals surface area contributed by atoms with Crippen LogP contribution in [0.5, 0.6) is 0 Å². The highest BCUT2D eigenvalue weighted by atomic mass is 16.4. The topological polar surface area (TPSA) is 57.5 Å². The second kappa shape index (κ2) is 8.12. The first-order chi connectivity index (χ1) is 8.70. The molecule has 3 nitrogen and oxygen atoms in total. The van der Waals surface area contributed by atoms with Gasteiger partial charge in [0.25, 0.3) is 0 Å². The molecule has 0 saturated carbocycles. The minimum absolute atomic E-state index is 0.560. The number of aliphatic hydroxyl groups is 1. The molecule has 0 unspecified atom stereocenters. The third-order valence-corrected chi connectivity index (χ3v) is 2.49. The molecule has 0 amide bonds. The van der Waals surface area contributed by atoms with Gasteiger partial charge in [0.2, 0.25) is 0 Å². The Bertz CT molecular complexity index is 419. The first kappa shape index (κ1) is 14.0. The molecule has 0 aromatic heterocycles. The number of carboxylic acid groups (broad SMARTS) is 1. The highest BCUT2D eigenvalue weighted by Crippen LogP contribution is 2.06. The van der Waals surface area contributed by atoms with E-state index in [0.717, 1.165) is 19.3 Å². The van der Waals surface area contributed by atoms with Gasteiger partial charge in [0.1, 0.15) is 0 Å². The molecule has 0 aliphatic carbocycles. The van der Waals surface area contributed by atoms with E-state index < -0.39 is 11.7 Å². The zero-order valence-corrected chi connectivity index (χ0v) is 10.2. The van der Waals surface area contributed by atoms with Gasteiger partial charge in [-0.05, 0) is 37.3 Å². The van der Waals surface area contributed by atoms with E-state index in [2.05, 4.69) is 12.2 Å². The van der Waals surface area contributed by atoms with Crippen molar-refractivity contribution in [2.24, 2.45) is 0 Å². The van der Waals surface area contributed by atoms with Crippen molar-refractivity contribution in [2.45, 2.75) is 25.7 Å². The maximum Gasteiger partial charge on any atom is 0.370 e. The Morgan fingerprint density at radius 2 is 1.72 bits per heavy atom. The van der Waals surface area contributed by atoms with Gasteiger partial charge in [-0.15, -0.1) is 0 Å². The second-order valence-corrected chi connectivity index (χ2v) is 3.99. The molecule has 0 heterocycles. The minimum Gasteiger partial charge on any atom is -0.502 e. The molecule has 0 spiro atoms. The fourth-order valence-corrected chi connectivity index (χ4v) is 1.52. The summed E-state index contributed by atoms with van der Waals surface area (Å²) in [6.45, 7) is 0. The van der Waals surface area contributed by atoms with Crippen LogP contribution in [0, 0.1) is 0 Å². The Kier molecular flexibility index (Phi) is 6.33. The van der Waals surface area contributed by atoms with Crippen LogP contribution in [-0.2, 0) is 4.79 Å². The van der Waals surface area contributed by atoms with Gasteiger partial charge >= 0.3 is 5.97 Å². The quantitative estimate of drug-likeness (QED) is 0.437. The van der Waals surface area contributed by atoms with Gasteiger partial charge < -0.3 is 10.2 Å². The maximum atomic E-state index is 10.3. The molecule has 2 N–H and O–H groups in total. The minimum atomic E-state index is -1.26. The normalized spacial score (nSPS) is 11.9. The van der Waals surface area contributed by atoms with Gasteiger partial charge in [-0.25, -0.2) is 4.79 Å². The lowest BCUT2D eigenvalue weighted by atomic mass is 10.1. The first-order valence-corrected chi connectivity index (χ1v) is 6.04. The van der Waals surface area contributed by atoms with Gasteiger partial charge in [0.05, 0.1) is 0 Å². The number of carbonyl (C=O) groups is 1. The Balaban J connectivity index is 2.14. The number of hydrogen-bond donors (Lipinski definition) is 2. The molecule has 0 bridgehead atoms. The molecule has 0 aliphatic heterocycles. The maximum absolute atomic E-state index is 10.3. The molecule has 1 aromatic rings. The molecule has 0 saturated heterocycles. The number of allylic oxidation sites excluding steroid dienone is 2. The van der Waals surface area contributed by atoms with Gasteiger partial charge in [-0.1, -0.05) is 42.5 Å². The Labute approximate surface area is 107 Å². The van der Waals surface area contributed by atoms with Crippen molar-refractivity contribution >= 4 is 12.0 Å². The summed E-state index contributed by atoms with van der Waals surface area (Å²) in [6, 6.07) is 10.1. The number of aliphatic carboxylic acids is 1. The van der Waals surface area contributed by atoms with Crippen LogP contribution in [0.1, 0.15) is 31.2 Å². The van der Waals surface area contributed by atoms with Crippen molar-refractivity contribution in [3.05, 3.63) is 53.8 Å². The largest absolute Gasteiger partial charge is 0.502 e. The second-order valence-electron chi connectivity index (χ2n) is 3.99. The molecule has 0 aliphatic rings. The van der Waals surface area contributed by atoms with Crippen molar-refractivity contribution in [1.29, 1.82) is 0 Å². The number of benzene rings is 1. The highest BCUT2D eigenvalue weighted by Gasteiger charge is 2.00. The zero-order valence-electron chi connectivity index (χ0n) is 10.2. The number of rotatable bonds is 7. The fraction of sp³-hybridized carbons (Fsp3) is 0.267. The van der Waals surface area contributed by atoms with Crippen LogP contribution in [0.2, 0.25) is 0 Å². The standard InChI is InChI=1S/C15H18O3/c16-14(15(17)18)12-8-3-1-2-5-9-13-10-6-4-7-11-13/h4-7,9-12,16H,1-3,8H2,(H,17,18). The van der Waals surface area contributed by atoms with E-state index in [9.17, 15) is 4.79 Å². The Hall–Kier alpha value is -2.03. The van der Waals surface area contributed by atoms with E-state index in [-0.39, 0.29) is 0 Å². The van der Waals surface area contributed by atoms with Crippen LogP contribution in [0.25, 0.3) is 6.08 Å². The number of aliphatic hydroxyl groups excluding tert-OH is 1. The molecule has 1 rings (SSSR count). The lowest BCUT2D eigenvalue weighted by Gasteiger charge is -1.95. The van der Waals surface area contributed by atoms with E-state index in [4.69, 9.17) is 10.2 Å². The molecule has 96 valence electrons. The lowest BCUT2D eigenvalue weighted by Crippen LogP contribution is -1.98. The van der Waals surface area contributed by atoms with Crippen LogP contribution in [0.15, 0.2) is 48.2 Å². The van der Waals surface area contributed by atoms with E-state index in [1.807, 2.05) is 30.3 Å². The van der Waals surface area contributed by atoms with Crippen LogP contribution in [-0.4, -0.2) is 16.2 Å². The average Bonchev–Trinajstić information content (AvgIpc) is 2.38. The summed E-state index contributed by atoms with van der Waals surface area (Å²) in [5.74, 6) is -1.83. The molecular weight excluding hydrogens is 228 g/mol. The number of carboxylic acids is 1. The Morgan fingerprint density at radius 1 is 1.06 bits per heavy atom. The smallest absolute Gasteiger partial charge is 0.370 e. The van der Waals surface area contributed by atoms with Crippen LogP contribution >= 0.6 is 0 Å². The lowest BCUT2D eigenvalue weighted by molar-refractivity contribution is -0.135. The van der Waals surface area contributed by atoms with Crippen molar-refractivity contribution < 1.29 is 15.0 Å². The predicted molar refractivity (Wildman–Crippen MR) is 72.3 cm³/mol. The summed E-state index contributed by atoms with van der Waals surface area (Å²) in [7, 11) is 0. The molecule has 18 heavy (non-hydrogen) atoms. The molecule has 0 fully saturated rings. The molecular formula is C15H18O3. The van der Waals surface area contributed by atoms with E-state index in [1.165, 1.54) is 11.6 Å². The Morgan fingerprint density at radius 3 is 2.39 bits per heavy atom. The molecule has 0 atom stereocenters. The van der Waals surface area contributed by atoms with E-state index in [0.29, 0.717) is 6.42 Å². The summed E-state index contributed by atoms with van der Waals surface area (Å²) in [4.78, 5) is 10.3. The first-order valence-electron chi connectivity index (χ1n) is 6.04. The van der Waals surface area contributed by atoms with Crippen LogP contribution in [0.3, 0.4) is 0 Å². The van der Waals surface area contributed by atoms with Gasteiger partial charge in [-0.2, -0.15) is 0 Å². The van der Waals surface area contributed by atoms with Crippen molar-refractivity contribution in [3.8, 4) is 0 Å². The predicted octanol–water partition coefficient (Wildman–Crippen LogP) is 3.79. The van der Waals surface area contributed by atoms with E-state index >= 15 is 0 Å². The summed E-state index contributed by atoms with van der Waals surface area (Å²) < 4.78 is 0. The number of unbranched alkanes of at least 4 members (excludes halogenated alkanes) is 3. The van der Waals surface area contributed by atoms with Crippen molar-refractivity contribution in [1.82, 2.24) is 0 Å².